The summed E-state index contributed by atoms with van der Waals surface area (Å²) < 4.78 is 43.3. The molecule has 0 unspecified atom stereocenters. The van der Waals surface area contributed by atoms with E-state index in [0.29, 0.717) is 49.1 Å². The standard InChI is InChI=1S/C18H20N2O6S/c1-24-9-8-19-18(21)13-2-4-14(5-3-13)20-27(22,23)15-6-7-16-17(12-15)26-11-10-25-16/h2-7,12,20H,8-11H2,1H3,(H,19,21). The van der Waals surface area contributed by atoms with Crippen molar-refractivity contribution in [2.45, 2.75) is 4.90 Å². The summed E-state index contributed by atoms with van der Waals surface area (Å²) in [5, 5.41) is 2.69. The summed E-state index contributed by atoms with van der Waals surface area (Å²) in [4.78, 5) is 12.0. The first-order valence-corrected chi connectivity index (χ1v) is 9.77. The Morgan fingerprint density at radius 1 is 1.07 bits per heavy atom. The fourth-order valence-electron chi connectivity index (χ4n) is 2.46. The number of amides is 1. The number of methoxy groups -OCH3 is 1. The van der Waals surface area contributed by atoms with Gasteiger partial charge >= 0.3 is 0 Å². The van der Waals surface area contributed by atoms with Gasteiger partial charge in [-0.3, -0.25) is 9.52 Å². The monoisotopic (exact) mass is 392 g/mol. The number of sulfonamides is 1. The molecule has 1 amide bonds. The molecule has 0 aliphatic carbocycles. The second-order valence-corrected chi connectivity index (χ2v) is 7.42. The quantitative estimate of drug-likeness (QED) is 0.695. The molecule has 2 aromatic carbocycles. The van der Waals surface area contributed by atoms with E-state index >= 15 is 0 Å². The van der Waals surface area contributed by atoms with Crippen molar-refractivity contribution in [2.24, 2.45) is 0 Å². The number of carbonyl (C=O) groups is 1. The van der Waals surface area contributed by atoms with Crippen LogP contribution in [0.1, 0.15) is 10.4 Å². The van der Waals surface area contributed by atoms with Crippen molar-refractivity contribution in [2.75, 3.05) is 38.2 Å². The van der Waals surface area contributed by atoms with Crippen LogP contribution in [0, 0.1) is 0 Å². The van der Waals surface area contributed by atoms with Crippen molar-refractivity contribution >= 4 is 21.6 Å². The van der Waals surface area contributed by atoms with Gasteiger partial charge < -0.3 is 19.5 Å². The molecule has 1 aliphatic heterocycles. The largest absolute Gasteiger partial charge is 0.486 e. The average molecular weight is 392 g/mol. The average Bonchev–Trinajstić information content (AvgIpc) is 2.68. The summed E-state index contributed by atoms with van der Waals surface area (Å²) >= 11 is 0. The summed E-state index contributed by atoms with van der Waals surface area (Å²) in [5.41, 5.74) is 0.770. The molecule has 144 valence electrons. The van der Waals surface area contributed by atoms with E-state index in [9.17, 15) is 13.2 Å². The Hall–Kier alpha value is -2.78. The van der Waals surface area contributed by atoms with Crippen LogP contribution in [-0.4, -0.2) is 47.8 Å². The molecule has 0 aromatic heterocycles. The molecule has 9 heteroatoms. The molecule has 0 radical (unpaired) electrons. The molecule has 2 N–H and O–H groups in total. The lowest BCUT2D eigenvalue weighted by molar-refractivity contribution is 0.0937. The summed E-state index contributed by atoms with van der Waals surface area (Å²) in [6, 6.07) is 10.6. The van der Waals surface area contributed by atoms with Gasteiger partial charge in [-0.25, -0.2) is 8.42 Å². The van der Waals surface area contributed by atoms with Gasteiger partial charge in [-0.2, -0.15) is 0 Å². The Balaban J connectivity index is 1.69. The molecular formula is C18H20N2O6S. The maximum atomic E-state index is 12.6. The summed E-state index contributed by atoms with van der Waals surface area (Å²) in [5.74, 6) is 0.657. The Morgan fingerprint density at radius 2 is 1.78 bits per heavy atom. The molecule has 0 atom stereocenters. The van der Waals surface area contributed by atoms with Crippen LogP contribution in [0.4, 0.5) is 5.69 Å². The zero-order valence-corrected chi connectivity index (χ0v) is 15.5. The van der Waals surface area contributed by atoms with E-state index in [1.54, 1.807) is 25.3 Å². The number of nitrogens with one attached hydrogen (secondary N) is 2. The first kappa shape index (κ1) is 19.0. The van der Waals surface area contributed by atoms with Crippen LogP contribution >= 0.6 is 0 Å². The van der Waals surface area contributed by atoms with Crippen molar-refractivity contribution in [3.05, 3.63) is 48.0 Å². The Kier molecular flexibility index (Phi) is 5.82. The maximum Gasteiger partial charge on any atom is 0.262 e. The predicted octanol–water partition coefficient (Wildman–Crippen LogP) is 1.63. The lowest BCUT2D eigenvalue weighted by Crippen LogP contribution is -2.26. The molecule has 1 heterocycles. The third-order valence-electron chi connectivity index (χ3n) is 3.81. The molecule has 0 spiro atoms. The SMILES string of the molecule is COCCNC(=O)c1ccc(NS(=O)(=O)c2ccc3c(c2)OCCO3)cc1. The van der Waals surface area contributed by atoms with E-state index in [1.165, 1.54) is 24.3 Å². The lowest BCUT2D eigenvalue weighted by atomic mass is 10.2. The van der Waals surface area contributed by atoms with Crippen molar-refractivity contribution in [3.8, 4) is 11.5 Å². The minimum atomic E-state index is -3.80. The third-order valence-corrected chi connectivity index (χ3v) is 5.19. The molecule has 0 saturated carbocycles. The van der Waals surface area contributed by atoms with Crippen molar-refractivity contribution in [3.63, 3.8) is 0 Å². The number of fused-ring (bicyclic) bond motifs is 1. The van der Waals surface area contributed by atoms with Crippen LogP contribution in [0.2, 0.25) is 0 Å². The van der Waals surface area contributed by atoms with Crippen molar-refractivity contribution in [1.29, 1.82) is 0 Å². The topological polar surface area (TPSA) is 103 Å². The molecule has 27 heavy (non-hydrogen) atoms. The molecule has 0 fully saturated rings. The Labute approximate surface area is 157 Å². The van der Waals surface area contributed by atoms with E-state index < -0.39 is 10.0 Å². The lowest BCUT2D eigenvalue weighted by Gasteiger charge is -2.19. The molecular weight excluding hydrogens is 372 g/mol. The molecule has 3 rings (SSSR count). The van der Waals surface area contributed by atoms with E-state index in [-0.39, 0.29) is 10.8 Å². The molecule has 2 aromatic rings. The number of anilines is 1. The smallest absolute Gasteiger partial charge is 0.262 e. The first-order chi connectivity index (χ1) is 13.0. The summed E-state index contributed by atoms with van der Waals surface area (Å²) in [6.07, 6.45) is 0. The summed E-state index contributed by atoms with van der Waals surface area (Å²) in [6.45, 7) is 1.62. The zero-order chi connectivity index (χ0) is 19.3. The van der Waals surface area contributed by atoms with Gasteiger partial charge in [0, 0.05) is 31.0 Å². The van der Waals surface area contributed by atoms with E-state index in [0.717, 1.165) is 0 Å². The number of rotatable bonds is 7. The molecule has 8 nitrogen and oxygen atoms in total. The maximum absolute atomic E-state index is 12.6. The van der Waals surface area contributed by atoms with E-state index in [2.05, 4.69) is 10.0 Å². The van der Waals surface area contributed by atoms with Gasteiger partial charge in [0.1, 0.15) is 13.2 Å². The van der Waals surface area contributed by atoms with E-state index in [4.69, 9.17) is 14.2 Å². The van der Waals surface area contributed by atoms with Gasteiger partial charge in [-0.1, -0.05) is 0 Å². The highest BCUT2D eigenvalue weighted by Crippen LogP contribution is 2.32. The van der Waals surface area contributed by atoms with Gasteiger partial charge in [0.05, 0.1) is 11.5 Å². The number of hydrogen-bond acceptors (Lipinski definition) is 6. The Bertz CT molecular complexity index is 912. The fraction of sp³-hybridized carbons (Fsp3) is 0.278. The van der Waals surface area contributed by atoms with Gasteiger partial charge in [0.25, 0.3) is 15.9 Å². The van der Waals surface area contributed by atoms with Crippen molar-refractivity contribution < 1.29 is 27.4 Å². The van der Waals surface area contributed by atoms with Crippen molar-refractivity contribution in [1.82, 2.24) is 5.32 Å². The minimum absolute atomic E-state index is 0.0631. The van der Waals surface area contributed by atoms with Crippen LogP contribution in [0.15, 0.2) is 47.4 Å². The fourth-order valence-corrected chi connectivity index (χ4v) is 3.54. The number of hydrogen-bond donors (Lipinski definition) is 2. The van der Waals surface area contributed by atoms with Gasteiger partial charge in [0.2, 0.25) is 0 Å². The first-order valence-electron chi connectivity index (χ1n) is 8.29. The van der Waals surface area contributed by atoms with Crippen LogP contribution in [0.25, 0.3) is 0 Å². The van der Waals surface area contributed by atoms with E-state index in [1.807, 2.05) is 0 Å². The summed E-state index contributed by atoms with van der Waals surface area (Å²) in [7, 11) is -2.25. The van der Waals surface area contributed by atoms with Gasteiger partial charge in [-0.05, 0) is 36.4 Å². The highest BCUT2D eigenvalue weighted by Gasteiger charge is 2.19. The van der Waals surface area contributed by atoms with Crippen LogP contribution in [0.3, 0.4) is 0 Å². The van der Waals surface area contributed by atoms with Crippen LogP contribution in [0.5, 0.6) is 11.5 Å². The highest BCUT2D eigenvalue weighted by atomic mass is 32.2. The molecule has 0 bridgehead atoms. The number of ether oxygens (including phenoxy) is 3. The number of carbonyl (C=O) groups excluding carboxylic acids is 1. The Morgan fingerprint density at radius 3 is 2.48 bits per heavy atom. The minimum Gasteiger partial charge on any atom is -0.486 e. The second-order valence-electron chi connectivity index (χ2n) is 5.74. The predicted molar refractivity (Wildman–Crippen MR) is 98.9 cm³/mol. The van der Waals surface area contributed by atoms with Crippen LogP contribution in [-0.2, 0) is 14.8 Å². The molecule has 0 saturated heterocycles. The highest BCUT2D eigenvalue weighted by molar-refractivity contribution is 7.92. The van der Waals surface area contributed by atoms with Crippen LogP contribution < -0.4 is 19.5 Å². The van der Waals surface area contributed by atoms with Gasteiger partial charge in [0.15, 0.2) is 11.5 Å². The van der Waals surface area contributed by atoms with Gasteiger partial charge in [-0.15, -0.1) is 0 Å². The molecule has 1 aliphatic rings. The third kappa shape index (κ3) is 4.69. The zero-order valence-electron chi connectivity index (χ0n) is 14.7. The normalized spacial score (nSPS) is 13.1. The number of benzene rings is 2. The second kappa shape index (κ2) is 8.28.